The van der Waals surface area contributed by atoms with Crippen molar-refractivity contribution < 1.29 is 28.8 Å². The normalized spacial score (nSPS) is 23.7. The second kappa shape index (κ2) is 15.7. The number of ether oxygens (including phenoxy) is 4. The van der Waals surface area contributed by atoms with E-state index in [4.69, 9.17) is 24.1 Å². The van der Waals surface area contributed by atoms with Crippen molar-refractivity contribution in [2.45, 2.75) is 70.1 Å². The van der Waals surface area contributed by atoms with Gasteiger partial charge in [-0.3, -0.25) is 4.79 Å². The topological polar surface area (TPSA) is 80.7 Å². The Morgan fingerprint density at radius 1 is 0.911 bits per heavy atom. The minimum Gasteiger partial charge on any atom is -0.459 e. The van der Waals surface area contributed by atoms with E-state index in [1.54, 1.807) is 0 Å². The summed E-state index contributed by atoms with van der Waals surface area (Å²) in [6.45, 7) is 8.11. The van der Waals surface area contributed by atoms with Crippen LogP contribution in [0.2, 0.25) is 0 Å². The largest absolute Gasteiger partial charge is 0.459 e. The maximum Gasteiger partial charge on any atom is 0.288 e. The standard InChI is InChI=1S/C37H50N2O6/c1-2-44-37-32(15-21-42-23-24-43-22-20-40)34(31-12-8-11-30-29-10-5-4-9-27(29)25-33(30)31)26-35(45-37)36(41)39-18-13-28(14-19-39)38-16-6-3-7-17-38/h4-5,8-12,26,28,32,34,37,40H,2-3,6-7,13-25H2,1H3/t32-,34-,37-/m0/s1. The quantitative estimate of drug-likeness (QED) is 0.266. The van der Waals surface area contributed by atoms with E-state index in [0.717, 1.165) is 32.4 Å². The first kappa shape index (κ1) is 32.2. The number of carbonyl (C=O) groups is 1. The van der Waals surface area contributed by atoms with Crippen molar-refractivity contribution in [3.63, 3.8) is 0 Å². The number of rotatable bonds is 13. The Hall–Kier alpha value is -2.75. The van der Waals surface area contributed by atoms with Gasteiger partial charge < -0.3 is 33.9 Å². The van der Waals surface area contributed by atoms with E-state index in [-0.39, 0.29) is 24.3 Å². The average Bonchev–Trinajstić information content (AvgIpc) is 3.47. The number of aliphatic hydroxyl groups is 1. The lowest BCUT2D eigenvalue weighted by Crippen LogP contribution is -2.49. The van der Waals surface area contributed by atoms with Crippen LogP contribution in [0.25, 0.3) is 11.1 Å². The van der Waals surface area contributed by atoms with Crippen molar-refractivity contribution >= 4 is 5.91 Å². The molecule has 2 fully saturated rings. The summed E-state index contributed by atoms with van der Waals surface area (Å²) in [5.41, 5.74) is 6.48. The fraction of sp³-hybridized carbons (Fsp3) is 0.595. The molecule has 8 heteroatoms. The number of allylic oxidation sites excluding steroid dienone is 1. The number of hydrogen-bond acceptors (Lipinski definition) is 7. The number of aliphatic hydroxyl groups excluding tert-OH is 1. The van der Waals surface area contributed by atoms with E-state index < -0.39 is 6.29 Å². The predicted octanol–water partition coefficient (Wildman–Crippen LogP) is 5.13. The molecule has 244 valence electrons. The van der Waals surface area contributed by atoms with Gasteiger partial charge >= 0.3 is 0 Å². The molecule has 1 N–H and O–H groups in total. The molecule has 0 saturated carbocycles. The Labute approximate surface area is 268 Å². The summed E-state index contributed by atoms with van der Waals surface area (Å²) in [6, 6.07) is 15.8. The molecule has 1 aliphatic carbocycles. The molecule has 0 radical (unpaired) electrons. The van der Waals surface area contributed by atoms with Gasteiger partial charge in [-0.1, -0.05) is 48.9 Å². The van der Waals surface area contributed by atoms with Crippen LogP contribution in [0.5, 0.6) is 0 Å². The molecule has 2 aromatic rings. The zero-order chi connectivity index (χ0) is 31.0. The Morgan fingerprint density at radius 3 is 2.44 bits per heavy atom. The van der Waals surface area contributed by atoms with Crippen LogP contribution in [0.1, 0.15) is 68.1 Å². The first-order valence-electron chi connectivity index (χ1n) is 17.2. The highest BCUT2D eigenvalue weighted by Crippen LogP contribution is 2.46. The van der Waals surface area contributed by atoms with Crippen LogP contribution in [0.3, 0.4) is 0 Å². The van der Waals surface area contributed by atoms with Crippen molar-refractivity contribution in [1.82, 2.24) is 9.80 Å². The number of piperidine rings is 2. The zero-order valence-electron chi connectivity index (χ0n) is 26.8. The summed E-state index contributed by atoms with van der Waals surface area (Å²) >= 11 is 0. The minimum atomic E-state index is -0.552. The molecule has 0 bridgehead atoms. The smallest absolute Gasteiger partial charge is 0.288 e. The summed E-state index contributed by atoms with van der Waals surface area (Å²) < 4.78 is 24.0. The average molecular weight is 619 g/mol. The second-order valence-electron chi connectivity index (χ2n) is 12.7. The first-order valence-corrected chi connectivity index (χ1v) is 17.2. The Kier molecular flexibility index (Phi) is 11.2. The molecule has 0 aromatic heterocycles. The Bertz CT molecular complexity index is 1300. The lowest BCUT2D eigenvalue weighted by atomic mass is 9.78. The van der Waals surface area contributed by atoms with Crippen LogP contribution in [0, 0.1) is 5.92 Å². The maximum atomic E-state index is 14.1. The second-order valence-corrected chi connectivity index (χ2v) is 12.7. The molecule has 3 atom stereocenters. The summed E-state index contributed by atoms with van der Waals surface area (Å²) in [4.78, 5) is 18.7. The molecule has 3 aliphatic heterocycles. The van der Waals surface area contributed by atoms with E-state index in [0.29, 0.717) is 51.3 Å². The number of nitrogens with zero attached hydrogens (tertiary/aromatic N) is 2. The molecule has 3 heterocycles. The van der Waals surface area contributed by atoms with Crippen LogP contribution in [0.4, 0.5) is 0 Å². The monoisotopic (exact) mass is 618 g/mol. The van der Waals surface area contributed by atoms with Crippen LogP contribution < -0.4 is 0 Å². The van der Waals surface area contributed by atoms with E-state index in [1.807, 2.05) is 11.8 Å². The number of likely N-dealkylation sites (tertiary alicyclic amines) is 2. The maximum absolute atomic E-state index is 14.1. The molecule has 2 saturated heterocycles. The van der Waals surface area contributed by atoms with Crippen LogP contribution in [0.15, 0.2) is 54.3 Å². The molecule has 2 aromatic carbocycles. The van der Waals surface area contributed by atoms with Gasteiger partial charge in [0.15, 0.2) is 5.76 Å². The molecule has 8 nitrogen and oxygen atoms in total. The summed E-state index contributed by atoms with van der Waals surface area (Å²) in [6.07, 6.45) is 9.08. The summed E-state index contributed by atoms with van der Waals surface area (Å²) in [5, 5.41) is 8.96. The van der Waals surface area contributed by atoms with Gasteiger partial charge in [-0.05, 0) is 92.4 Å². The van der Waals surface area contributed by atoms with E-state index in [9.17, 15) is 4.79 Å². The van der Waals surface area contributed by atoms with Crippen LogP contribution in [-0.4, -0.2) is 99.0 Å². The van der Waals surface area contributed by atoms with Gasteiger partial charge in [-0.2, -0.15) is 0 Å². The van der Waals surface area contributed by atoms with Crippen molar-refractivity contribution in [2.24, 2.45) is 5.92 Å². The molecule has 45 heavy (non-hydrogen) atoms. The Morgan fingerprint density at radius 2 is 1.67 bits per heavy atom. The predicted molar refractivity (Wildman–Crippen MR) is 174 cm³/mol. The number of carbonyl (C=O) groups excluding carboxylic acids is 1. The van der Waals surface area contributed by atoms with E-state index >= 15 is 0 Å². The lowest BCUT2D eigenvalue weighted by molar-refractivity contribution is -0.172. The van der Waals surface area contributed by atoms with Crippen molar-refractivity contribution in [3.8, 4) is 11.1 Å². The molecule has 6 rings (SSSR count). The molecule has 0 spiro atoms. The van der Waals surface area contributed by atoms with Crippen molar-refractivity contribution in [3.05, 3.63) is 71.0 Å². The first-order chi connectivity index (χ1) is 22.2. The number of amides is 1. The van der Waals surface area contributed by atoms with Crippen molar-refractivity contribution in [1.29, 1.82) is 0 Å². The molecular formula is C37H50N2O6. The number of fused-ring (bicyclic) bond motifs is 3. The van der Waals surface area contributed by atoms with Gasteiger partial charge in [0.2, 0.25) is 6.29 Å². The SMILES string of the molecule is CCO[C@H]1OC(C(=O)N2CCC(N3CCCCC3)CC2)=C[C@@H](c2cccc3c2Cc2ccccc2-3)[C@@H]1CCOCCOCCO. The van der Waals surface area contributed by atoms with Crippen LogP contribution >= 0.6 is 0 Å². The molecule has 1 amide bonds. The van der Waals surface area contributed by atoms with Crippen molar-refractivity contribution in [2.75, 3.05) is 65.8 Å². The number of benzene rings is 2. The fourth-order valence-electron chi connectivity index (χ4n) is 7.76. The van der Waals surface area contributed by atoms with Gasteiger partial charge in [0.05, 0.1) is 26.4 Å². The highest BCUT2D eigenvalue weighted by molar-refractivity contribution is 5.92. The van der Waals surface area contributed by atoms with Crippen LogP contribution in [-0.2, 0) is 30.2 Å². The number of hydrogen-bond donors (Lipinski definition) is 1. The van der Waals surface area contributed by atoms with E-state index in [2.05, 4.69) is 53.4 Å². The van der Waals surface area contributed by atoms with Gasteiger partial charge in [0.25, 0.3) is 5.91 Å². The summed E-state index contributed by atoms with van der Waals surface area (Å²) in [5.74, 6) is 0.310. The molecule has 4 aliphatic rings. The molecular weight excluding hydrogens is 568 g/mol. The lowest BCUT2D eigenvalue weighted by Gasteiger charge is -2.42. The summed E-state index contributed by atoms with van der Waals surface area (Å²) in [7, 11) is 0. The fourth-order valence-corrected chi connectivity index (χ4v) is 7.76. The van der Waals surface area contributed by atoms with Gasteiger partial charge in [-0.25, -0.2) is 0 Å². The zero-order valence-corrected chi connectivity index (χ0v) is 26.8. The Balaban J connectivity index is 1.24. The van der Waals surface area contributed by atoms with Gasteiger partial charge in [-0.15, -0.1) is 0 Å². The molecule has 0 unspecified atom stereocenters. The minimum absolute atomic E-state index is 0.00619. The highest BCUT2D eigenvalue weighted by atomic mass is 16.7. The highest BCUT2D eigenvalue weighted by Gasteiger charge is 2.41. The van der Waals surface area contributed by atoms with E-state index in [1.165, 1.54) is 60.2 Å². The third-order valence-corrected chi connectivity index (χ3v) is 10.0. The van der Waals surface area contributed by atoms with Gasteiger partial charge in [0, 0.05) is 44.2 Å². The third-order valence-electron chi connectivity index (χ3n) is 10.0. The van der Waals surface area contributed by atoms with Gasteiger partial charge in [0.1, 0.15) is 0 Å². The third kappa shape index (κ3) is 7.47.